The summed E-state index contributed by atoms with van der Waals surface area (Å²) in [7, 11) is -3.65. The zero-order valence-corrected chi connectivity index (χ0v) is 11.7. The molecule has 0 radical (unpaired) electrons. The third kappa shape index (κ3) is 3.93. The van der Waals surface area contributed by atoms with Gasteiger partial charge in [-0.2, -0.15) is 0 Å². The van der Waals surface area contributed by atoms with Gasteiger partial charge in [-0.25, -0.2) is 12.8 Å². The van der Waals surface area contributed by atoms with Crippen LogP contribution in [0.2, 0.25) is 0 Å². The Morgan fingerprint density at radius 1 is 1.40 bits per heavy atom. The van der Waals surface area contributed by atoms with E-state index in [2.05, 4.69) is 0 Å². The van der Waals surface area contributed by atoms with Crippen LogP contribution in [0.25, 0.3) is 0 Å². The van der Waals surface area contributed by atoms with Crippen molar-refractivity contribution in [1.29, 1.82) is 0 Å². The minimum atomic E-state index is -3.65. The van der Waals surface area contributed by atoms with Crippen molar-refractivity contribution in [3.05, 3.63) is 24.0 Å². The van der Waals surface area contributed by atoms with Crippen LogP contribution in [-0.4, -0.2) is 23.4 Å². The van der Waals surface area contributed by atoms with E-state index in [1.807, 2.05) is 0 Å². The minimum Gasteiger partial charge on any atom is -0.768 e. The molecule has 0 bridgehead atoms. The fourth-order valence-electron chi connectivity index (χ4n) is 0.886. The molecule has 15 heavy (non-hydrogen) atoms. The fraction of sp³-hybridized carbons (Fsp3) is 0.143. The maximum Gasteiger partial charge on any atom is 1.00 e. The molecule has 8 heteroatoms. The van der Waals surface area contributed by atoms with Crippen molar-refractivity contribution in [3.8, 4) is 0 Å². The van der Waals surface area contributed by atoms with Crippen molar-refractivity contribution >= 4 is 20.9 Å². The summed E-state index contributed by atoms with van der Waals surface area (Å²) < 4.78 is 55.7. The molecule has 1 aromatic rings. The quantitative estimate of drug-likeness (QED) is 0.434. The fourth-order valence-corrected chi connectivity index (χ4v) is 1.99. The van der Waals surface area contributed by atoms with Crippen LogP contribution >= 0.6 is 0 Å². The minimum absolute atomic E-state index is 0. The van der Waals surface area contributed by atoms with E-state index in [0.29, 0.717) is 6.07 Å². The Balaban J connectivity index is 0.00000196. The van der Waals surface area contributed by atoms with Gasteiger partial charge in [0.15, 0.2) is 9.84 Å². The molecule has 0 saturated heterocycles. The SMILES string of the molecule is CS(=O)(=O)c1ccc(S(=O)[O-])cc1F.[Na+]. The van der Waals surface area contributed by atoms with Crippen LogP contribution in [-0.2, 0) is 20.9 Å². The topological polar surface area (TPSA) is 74.3 Å². The number of rotatable bonds is 2. The second-order valence-electron chi connectivity index (χ2n) is 2.60. The zero-order valence-electron chi connectivity index (χ0n) is 8.06. The van der Waals surface area contributed by atoms with Crippen molar-refractivity contribution in [2.75, 3.05) is 6.26 Å². The van der Waals surface area contributed by atoms with Gasteiger partial charge in [0, 0.05) is 11.2 Å². The Hall–Kier alpha value is 0.210. The second-order valence-corrected chi connectivity index (χ2v) is 5.52. The van der Waals surface area contributed by atoms with Crippen molar-refractivity contribution in [3.63, 3.8) is 0 Å². The molecule has 0 aliphatic carbocycles. The molecule has 78 valence electrons. The second kappa shape index (κ2) is 5.51. The van der Waals surface area contributed by atoms with Crippen LogP contribution in [0.4, 0.5) is 4.39 Å². The number of hydrogen-bond donors (Lipinski definition) is 0. The third-order valence-corrected chi connectivity index (χ3v) is 3.26. The molecule has 1 rings (SSSR count). The Labute approximate surface area is 111 Å². The van der Waals surface area contributed by atoms with Gasteiger partial charge in [0.2, 0.25) is 0 Å². The average molecular weight is 260 g/mol. The molecule has 1 aromatic carbocycles. The van der Waals surface area contributed by atoms with E-state index in [-0.39, 0.29) is 34.5 Å². The molecule has 0 N–H and O–H groups in total. The van der Waals surface area contributed by atoms with Crippen molar-refractivity contribution < 1.29 is 51.1 Å². The third-order valence-electron chi connectivity index (χ3n) is 1.50. The van der Waals surface area contributed by atoms with E-state index in [1.54, 1.807) is 0 Å². The van der Waals surface area contributed by atoms with Crippen molar-refractivity contribution in [2.45, 2.75) is 9.79 Å². The molecule has 0 fully saturated rings. The van der Waals surface area contributed by atoms with E-state index in [4.69, 9.17) is 0 Å². The monoisotopic (exact) mass is 260 g/mol. The Morgan fingerprint density at radius 2 is 1.93 bits per heavy atom. The van der Waals surface area contributed by atoms with Gasteiger partial charge in [-0.05, 0) is 29.3 Å². The summed E-state index contributed by atoms with van der Waals surface area (Å²) in [6.07, 6.45) is 0.846. The van der Waals surface area contributed by atoms with Crippen LogP contribution in [0.15, 0.2) is 28.0 Å². The summed E-state index contributed by atoms with van der Waals surface area (Å²) in [5.41, 5.74) is 0. The smallest absolute Gasteiger partial charge is 0.768 e. The molecule has 1 atom stereocenters. The maximum absolute atomic E-state index is 13.1. The summed E-state index contributed by atoms with van der Waals surface area (Å²) in [6, 6.07) is 2.62. The normalized spacial score (nSPS) is 13.0. The van der Waals surface area contributed by atoms with E-state index in [0.717, 1.165) is 18.4 Å². The predicted octanol–water partition coefficient (Wildman–Crippen LogP) is -2.53. The van der Waals surface area contributed by atoms with Gasteiger partial charge in [0.25, 0.3) is 0 Å². The summed E-state index contributed by atoms with van der Waals surface area (Å²) in [5.74, 6) is -1.06. The van der Waals surface area contributed by atoms with Crippen molar-refractivity contribution in [1.82, 2.24) is 0 Å². The molecule has 0 saturated carbocycles. The van der Waals surface area contributed by atoms with Gasteiger partial charge >= 0.3 is 29.6 Å². The van der Waals surface area contributed by atoms with Gasteiger partial charge in [0.05, 0.1) is 0 Å². The predicted molar refractivity (Wildman–Crippen MR) is 46.7 cm³/mol. The number of sulfone groups is 1. The standard InChI is InChI=1S/C7H7FO4S2.Na/c1-14(11,12)7-3-2-5(13(9)10)4-6(7)8;/h2-4H,1H3,(H,9,10);/q;+1/p-1. The average Bonchev–Trinajstić information content (AvgIpc) is 2.01. The van der Waals surface area contributed by atoms with Crippen molar-refractivity contribution in [2.24, 2.45) is 0 Å². The van der Waals surface area contributed by atoms with Gasteiger partial charge in [-0.3, -0.25) is 4.21 Å². The number of hydrogen-bond acceptors (Lipinski definition) is 4. The van der Waals surface area contributed by atoms with E-state index < -0.39 is 31.6 Å². The molecular weight excluding hydrogens is 254 g/mol. The Morgan fingerprint density at radius 3 is 2.27 bits per heavy atom. The molecular formula is C7H6FNaO4S2. The van der Waals surface area contributed by atoms with Crippen LogP contribution in [0.5, 0.6) is 0 Å². The molecule has 0 heterocycles. The van der Waals surface area contributed by atoms with Gasteiger partial charge < -0.3 is 4.55 Å². The van der Waals surface area contributed by atoms with Crippen LogP contribution < -0.4 is 29.6 Å². The Kier molecular flexibility index (Phi) is 5.59. The summed E-state index contributed by atoms with van der Waals surface area (Å²) in [5, 5.41) is 0. The van der Waals surface area contributed by atoms with Gasteiger partial charge in [-0.15, -0.1) is 0 Å². The summed E-state index contributed by atoms with van der Waals surface area (Å²) >= 11 is -2.56. The molecule has 0 aliphatic rings. The number of halogens is 1. The summed E-state index contributed by atoms with van der Waals surface area (Å²) in [4.78, 5) is -0.790. The van der Waals surface area contributed by atoms with Crippen LogP contribution in [0, 0.1) is 5.82 Å². The first-order valence-electron chi connectivity index (χ1n) is 3.41. The van der Waals surface area contributed by atoms with Gasteiger partial charge in [0.1, 0.15) is 10.7 Å². The number of benzene rings is 1. The first-order chi connectivity index (χ1) is 6.32. The molecule has 0 aliphatic heterocycles. The molecule has 0 aromatic heterocycles. The molecule has 0 spiro atoms. The summed E-state index contributed by atoms with van der Waals surface area (Å²) in [6.45, 7) is 0. The Bertz CT molecular complexity index is 486. The first kappa shape index (κ1) is 15.2. The molecule has 1 unspecified atom stereocenters. The van der Waals surface area contributed by atoms with Crippen LogP contribution in [0.1, 0.15) is 0 Å². The zero-order chi connectivity index (χ0) is 10.9. The van der Waals surface area contributed by atoms with Gasteiger partial charge in [-0.1, -0.05) is 0 Å². The largest absolute Gasteiger partial charge is 1.00 e. The molecule has 4 nitrogen and oxygen atoms in total. The maximum atomic E-state index is 13.1. The van der Waals surface area contributed by atoms with E-state index in [9.17, 15) is 21.6 Å². The van der Waals surface area contributed by atoms with Crippen LogP contribution in [0.3, 0.4) is 0 Å². The molecule has 0 amide bonds. The van der Waals surface area contributed by atoms with E-state index in [1.165, 1.54) is 0 Å². The first-order valence-corrected chi connectivity index (χ1v) is 6.38. The van der Waals surface area contributed by atoms with E-state index >= 15 is 0 Å².